The highest BCUT2D eigenvalue weighted by atomic mass is 32.2. The molecule has 4 atom stereocenters. The molecule has 0 heterocycles. The van der Waals surface area contributed by atoms with Crippen LogP contribution in [0.1, 0.15) is 0 Å². The molecule has 0 amide bonds. The lowest BCUT2D eigenvalue weighted by molar-refractivity contribution is -0.110. The molecule has 0 radical (unpaired) electrons. The normalized spacial score (nSPS) is 20.7. The zero-order valence-corrected chi connectivity index (χ0v) is 8.45. The van der Waals surface area contributed by atoms with Crippen LogP contribution in [-0.4, -0.2) is 75.3 Å². The second kappa shape index (κ2) is 5.70. The van der Waals surface area contributed by atoms with E-state index in [9.17, 15) is 8.42 Å². The Morgan fingerprint density at radius 2 is 1.33 bits per heavy atom. The molecular weight excluding hydrogens is 232 g/mol. The summed E-state index contributed by atoms with van der Waals surface area (Å²) in [5.41, 5.74) is 0. The van der Waals surface area contributed by atoms with Gasteiger partial charge in [-0.05, 0) is 0 Å². The summed E-state index contributed by atoms with van der Waals surface area (Å²) in [6.45, 7) is -0.864. The molecule has 6 N–H and O–H groups in total. The third-order valence-corrected chi connectivity index (χ3v) is 2.47. The Hall–Kier alpha value is -0.290. The van der Waals surface area contributed by atoms with Crippen LogP contribution >= 0.6 is 0 Å². The van der Waals surface area contributed by atoms with Crippen LogP contribution in [0.4, 0.5) is 0 Å². The van der Waals surface area contributed by atoms with Crippen molar-refractivity contribution in [2.75, 3.05) is 12.4 Å². The van der Waals surface area contributed by atoms with Crippen molar-refractivity contribution in [1.82, 2.24) is 0 Å². The highest BCUT2D eigenvalue weighted by Gasteiger charge is 2.32. The highest BCUT2D eigenvalue weighted by Crippen LogP contribution is 2.06. The van der Waals surface area contributed by atoms with Gasteiger partial charge in [-0.3, -0.25) is 4.55 Å². The molecule has 0 spiro atoms. The van der Waals surface area contributed by atoms with E-state index in [1.54, 1.807) is 0 Å². The average molecular weight is 246 g/mol. The maximum Gasteiger partial charge on any atom is 0.267 e. The standard InChI is InChI=1S/C6H14O8S/c7-1-3(8)5(10)6(11)4(9)2-15(12,13)14/h3-11H,1-2H2,(H,12,13,14)/t3-,4+,5+,6-/m0/s1. The molecule has 0 aromatic carbocycles. The van der Waals surface area contributed by atoms with Gasteiger partial charge in [-0.15, -0.1) is 0 Å². The molecule has 0 unspecified atom stereocenters. The Balaban J connectivity index is 4.37. The van der Waals surface area contributed by atoms with Crippen molar-refractivity contribution in [2.45, 2.75) is 24.4 Å². The second-order valence-corrected chi connectivity index (χ2v) is 4.54. The van der Waals surface area contributed by atoms with Crippen LogP contribution in [0, 0.1) is 0 Å². The van der Waals surface area contributed by atoms with E-state index < -0.39 is 46.9 Å². The molecule has 9 heteroatoms. The van der Waals surface area contributed by atoms with Crippen molar-refractivity contribution in [3.05, 3.63) is 0 Å². The summed E-state index contributed by atoms with van der Waals surface area (Å²) in [6, 6.07) is 0. The first-order valence-corrected chi connectivity index (χ1v) is 5.58. The van der Waals surface area contributed by atoms with Crippen LogP contribution in [0.5, 0.6) is 0 Å². The van der Waals surface area contributed by atoms with Gasteiger partial charge in [-0.2, -0.15) is 8.42 Å². The predicted octanol–water partition coefficient (Wildman–Crippen LogP) is -3.69. The van der Waals surface area contributed by atoms with E-state index in [2.05, 4.69) is 0 Å². The summed E-state index contributed by atoms with van der Waals surface area (Å²) < 4.78 is 28.9. The molecule has 0 fully saturated rings. The predicted molar refractivity (Wildman–Crippen MR) is 47.5 cm³/mol. The van der Waals surface area contributed by atoms with Crippen molar-refractivity contribution >= 4 is 10.1 Å². The zero-order valence-electron chi connectivity index (χ0n) is 7.63. The van der Waals surface area contributed by atoms with Gasteiger partial charge in [0, 0.05) is 0 Å². The van der Waals surface area contributed by atoms with Crippen LogP contribution < -0.4 is 0 Å². The molecule has 0 bridgehead atoms. The van der Waals surface area contributed by atoms with Crippen molar-refractivity contribution in [2.24, 2.45) is 0 Å². The van der Waals surface area contributed by atoms with Gasteiger partial charge in [-0.1, -0.05) is 0 Å². The smallest absolute Gasteiger partial charge is 0.267 e. The molecule has 15 heavy (non-hydrogen) atoms. The van der Waals surface area contributed by atoms with Crippen LogP contribution in [-0.2, 0) is 10.1 Å². The van der Waals surface area contributed by atoms with Gasteiger partial charge in [-0.25, -0.2) is 0 Å². The second-order valence-electron chi connectivity index (χ2n) is 3.05. The van der Waals surface area contributed by atoms with Gasteiger partial charge < -0.3 is 25.5 Å². The number of aliphatic hydroxyl groups excluding tert-OH is 5. The number of rotatable bonds is 6. The van der Waals surface area contributed by atoms with E-state index in [4.69, 9.17) is 30.1 Å². The summed E-state index contributed by atoms with van der Waals surface area (Å²) >= 11 is 0. The molecule has 0 aliphatic heterocycles. The molecule has 0 aromatic rings. The fraction of sp³-hybridized carbons (Fsp3) is 1.00. The molecule has 0 aromatic heterocycles. The van der Waals surface area contributed by atoms with Crippen molar-refractivity contribution in [1.29, 1.82) is 0 Å². The number of hydrogen-bond acceptors (Lipinski definition) is 7. The maximum absolute atomic E-state index is 10.3. The maximum atomic E-state index is 10.3. The fourth-order valence-electron chi connectivity index (χ4n) is 0.878. The van der Waals surface area contributed by atoms with Crippen LogP contribution in [0.2, 0.25) is 0 Å². The molecular formula is C6H14O8S. The van der Waals surface area contributed by atoms with Crippen molar-refractivity contribution in [3.8, 4) is 0 Å². The summed E-state index contributed by atoms with van der Waals surface area (Å²) in [6.07, 6.45) is -7.58. The average Bonchev–Trinajstić information content (AvgIpc) is 2.11. The van der Waals surface area contributed by atoms with Crippen molar-refractivity contribution in [3.63, 3.8) is 0 Å². The lowest BCUT2D eigenvalue weighted by Crippen LogP contribution is -2.47. The summed E-state index contributed by atoms with van der Waals surface area (Å²) in [5, 5.41) is 44.4. The Morgan fingerprint density at radius 1 is 0.933 bits per heavy atom. The Morgan fingerprint density at radius 3 is 1.67 bits per heavy atom. The molecule has 0 saturated heterocycles. The van der Waals surface area contributed by atoms with Gasteiger partial charge >= 0.3 is 0 Å². The molecule has 0 aliphatic carbocycles. The fourth-order valence-corrected chi connectivity index (χ4v) is 1.51. The SMILES string of the molecule is O=S(=O)(O)C[C@@H](O)[C@H](O)[C@H](O)[C@@H](O)CO. The minimum atomic E-state index is -4.50. The molecule has 8 nitrogen and oxygen atoms in total. The first-order valence-electron chi connectivity index (χ1n) is 3.97. The summed E-state index contributed by atoms with van der Waals surface area (Å²) in [5.74, 6) is -1.18. The number of hydrogen-bond donors (Lipinski definition) is 6. The van der Waals surface area contributed by atoms with E-state index in [0.29, 0.717) is 0 Å². The van der Waals surface area contributed by atoms with Gasteiger partial charge in [0.05, 0.1) is 12.7 Å². The minimum Gasteiger partial charge on any atom is -0.394 e. The van der Waals surface area contributed by atoms with Gasteiger partial charge in [0.1, 0.15) is 24.1 Å². The quantitative estimate of drug-likeness (QED) is 0.262. The van der Waals surface area contributed by atoms with Crippen LogP contribution in [0.15, 0.2) is 0 Å². The van der Waals surface area contributed by atoms with E-state index in [1.165, 1.54) is 0 Å². The molecule has 0 rings (SSSR count). The Labute approximate surface area is 86.2 Å². The molecule has 0 aliphatic rings. The topological polar surface area (TPSA) is 156 Å². The minimum absolute atomic E-state index is 0.864. The molecule has 92 valence electrons. The van der Waals surface area contributed by atoms with Gasteiger partial charge in [0.2, 0.25) is 0 Å². The van der Waals surface area contributed by atoms with Gasteiger partial charge in [0.25, 0.3) is 10.1 Å². The van der Waals surface area contributed by atoms with E-state index in [-0.39, 0.29) is 0 Å². The highest BCUT2D eigenvalue weighted by molar-refractivity contribution is 7.85. The number of aliphatic hydroxyl groups is 5. The third kappa shape index (κ3) is 5.37. The van der Waals surface area contributed by atoms with E-state index in [0.717, 1.165) is 0 Å². The first kappa shape index (κ1) is 14.7. The zero-order chi connectivity index (χ0) is 12.2. The summed E-state index contributed by atoms with van der Waals surface area (Å²) in [4.78, 5) is 0. The van der Waals surface area contributed by atoms with E-state index in [1.807, 2.05) is 0 Å². The lowest BCUT2D eigenvalue weighted by atomic mass is 10.0. The third-order valence-electron chi connectivity index (χ3n) is 1.71. The Bertz CT molecular complexity index is 275. The lowest BCUT2D eigenvalue weighted by Gasteiger charge is -2.24. The van der Waals surface area contributed by atoms with Crippen LogP contribution in [0.3, 0.4) is 0 Å². The monoisotopic (exact) mass is 246 g/mol. The van der Waals surface area contributed by atoms with Gasteiger partial charge in [0.15, 0.2) is 0 Å². The first-order chi connectivity index (χ1) is 6.69. The van der Waals surface area contributed by atoms with E-state index >= 15 is 0 Å². The summed E-state index contributed by atoms with van der Waals surface area (Å²) in [7, 11) is -4.50. The van der Waals surface area contributed by atoms with Crippen LogP contribution in [0.25, 0.3) is 0 Å². The largest absolute Gasteiger partial charge is 0.394 e. The molecule has 0 saturated carbocycles. The van der Waals surface area contributed by atoms with Crippen molar-refractivity contribution < 1.29 is 38.5 Å². The Kier molecular flexibility index (Phi) is 5.59.